The van der Waals surface area contributed by atoms with E-state index in [1.807, 2.05) is 54.0 Å². The zero-order valence-electron chi connectivity index (χ0n) is 15.7. The fourth-order valence-electron chi connectivity index (χ4n) is 2.88. The summed E-state index contributed by atoms with van der Waals surface area (Å²) in [5.74, 6) is 0.921. The van der Waals surface area contributed by atoms with Crippen LogP contribution in [0.15, 0.2) is 55.1 Å². The van der Waals surface area contributed by atoms with E-state index < -0.39 is 0 Å². The Morgan fingerprint density at radius 2 is 2.07 bits per heavy atom. The highest BCUT2D eigenvalue weighted by Crippen LogP contribution is 2.26. The van der Waals surface area contributed by atoms with E-state index in [9.17, 15) is 4.79 Å². The van der Waals surface area contributed by atoms with Crippen molar-refractivity contribution in [2.45, 2.75) is 44.2 Å². The van der Waals surface area contributed by atoms with Gasteiger partial charge in [0, 0.05) is 52.3 Å². The lowest BCUT2D eigenvalue weighted by Gasteiger charge is -2.17. The number of aromatic nitrogens is 2. The lowest BCUT2D eigenvalue weighted by atomic mass is 10.2. The number of carbonyl (C=O) groups excluding carboxylic acids is 1. The molecule has 6 heteroatoms. The second kappa shape index (κ2) is 9.76. The summed E-state index contributed by atoms with van der Waals surface area (Å²) in [5, 5.41) is 3.34. The molecule has 0 radical (unpaired) electrons. The summed E-state index contributed by atoms with van der Waals surface area (Å²) in [6, 6.07) is 12.6. The number of amides is 1. The number of hydrogen-bond donors (Lipinski definition) is 1. The van der Waals surface area contributed by atoms with Crippen molar-refractivity contribution in [3.8, 4) is 0 Å². The first-order chi connectivity index (χ1) is 13.1. The number of imidazole rings is 1. The normalized spacial score (nSPS) is 12.1. The predicted molar refractivity (Wildman–Crippen MR) is 115 cm³/mol. The number of thioether (sulfide) groups is 1. The minimum absolute atomic E-state index is 0.0404. The number of carbonyl (C=O) groups is 1. The van der Waals surface area contributed by atoms with Crippen molar-refractivity contribution in [2.24, 2.45) is 0 Å². The minimum Gasteiger partial charge on any atom is -0.336 e. The molecule has 0 bridgehead atoms. The SMILES string of the molecule is CC(=O)Nc1ccc(CSC(CCc2ccc(C)s2)Cn2ccnc2)cc1. The van der Waals surface area contributed by atoms with E-state index in [2.05, 4.69) is 46.1 Å². The van der Waals surface area contributed by atoms with Crippen LogP contribution in [0.1, 0.15) is 28.7 Å². The molecule has 2 aromatic heterocycles. The molecule has 0 spiro atoms. The van der Waals surface area contributed by atoms with Gasteiger partial charge in [-0.05, 0) is 49.6 Å². The van der Waals surface area contributed by atoms with Crippen molar-refractivity contribution in [3.05, 3.63) is 70.4 Å². The molecule has 2 heterocycles. The quantitative estimate of drug-likeness (QED) is 0.541. The Morgan fingerprint density at radius 3 is 2.70 bits per heavy atom. The van der Waals surface area contributed by atoms with Gasteiger partial charge in [-0.1, -0.05) is 12.1 Å². The maximum absolute atomic E-state index is 11.1. The Hall–Kier alpha value is -2.05. The molecule has 1 aromatic carbocycles. The lowest BCUT2D eigenvalue weighted by molar-refractivity contribution is -0.114. The number of nitrogens with zero attached hydrogens (tertiary/aromatic N) is 2. The van der Waals surface area contributed by atoms with Gasteiger partial charge in [0.15, 0.2) is 0 Å². The van der Waals surface area contributed by atoms with Crippen LogP contribution in [0.25, 0.3) is 0 Å². The van der Waals surface area contributed by atoms with Gasteiger partial charge in [0.05, 0.1) is 6.33 Å². The number of rotatable bonds is 9. The van der Waals surface area contributed by atoms with Crippen LogP contribution in [0.4, 0.5) is 5.69 Å². The zero-order chi connectivity index (χ0) is 19.1. The Bertz CT molecular complexity index is 841. The maximum atomic E-state index is 11.1. The summed E-state index contributed by atoms with van der Waals surface area (Å²) in [4.78, 5) is 18.1. The van der Waals surface area contributed by atoms with E-state index >= 15 is 0 Å². The fourth-order valence-corrected chi connectivity index (χ4v) is 4.97. The summed E-state index contributed by atoms with van der Waals surface area (Å²) < 4.78 is 2.16. The highest BCUT2D eigenvalue weighted by atomic mass is 32.2. The Kier molecular flexibility index (Phi) is 7.12. The second-order valence-electron chi connectivity index (χ2n) is 6.62. The van der Waals surface area contributed by atoms with Gasteiger partial charge in [0.2, 0.25) is 5.91 Å². The van der Waals surface area contributed by atoms with E-state index in [1.165, 1.54) is 22.2 Å². The van der Waals surface area contributed by atoms with Crippen molar-refractivity contribution in [2.75, 3.05) is 5.32 Å². The minimum atomic E-state index is -0.0404. The van der Waals surface area contributed by atoms with Crippen LogP contribution in [0, 0.1) is 6.92 Å². The van der Waals surface area contributed by atoms with Crippen LogP contribution in [-0.2, 0) is 23.5 Å². The molecule has 1 atom stereocenters. The fraction of sp³-hybridized carbons (Fsp3) is 0.333. The number of aryl methyl sites for hydroxylation is 2. The van der Waals surface area contributed by atoms with Gasteiger partial charge in [-0.15, -0.1) is 11.3 Å². The topological polar surface area (TPSA) is 46.9 Å². The molecule has 0 saturated heterocycles. The van der Waals surface area contributed by atoms with Crippen LogP contribution < -0.4 is 5.32 Å². The third-order valence-corrected chi connectivity index (χ3v) is 6.66. The molecule has 142 valence electrons. The van der Waals surface area contributed by atoms with Crippen molar-refractivity contribution in [3.63, 3.8) is 0 Å². The first-order valence-electron chi connectivity index (χ1n) is 9.07. The third-order valence-electron chi connectivity index (χ3n) is 4.24. The van der Waals surface area contributed by atoms with E-state index in [0.29, 0.717) is 5.25 Å². The van der Waals surface area contributed by atoms with E-state index in [4.69, 9.17) is 0 Å². The predicted octanol–water partition coefficient (Wildman–Crippen LogP) is 5.15. The van der Waals surface area contributed by atoms with Crippen molar-refractivity contribution in [1.82, 2.24) is 9.55 Å². The van der Waals surface area contributed by atoms with Crippen molar-refractivity contribution in [1.29, 1.82) is 0 Å². The molecule has 3 rings (SSSR count). The molecule has 0 saturated carbocycles. The van der Waals surface area contributed by atoms with E-state index in [0.717, 1.165) is 30.8 Å². The third kappa shape index (κ3) is 6.56. The van der Waals surface area contributed by atoms with Crippen LogP contribution in [0.3, 0.4) is 0 Å². The van der Waals surface area contributed by atoms with Gasteiger partial charge in [0.1, 0.15) is 0 Å². The molecule has 27 heavy (non-hydrogen) atoms. The first-order valence-corrected chi connectivity index (χ1v) is 10.9. The summed E-state index contributed by atoms with van der Waals surface area (Å²) in [5.41, 5.74) is 2.12. The van der Waals surface area contributed by atoms with Crippen LogP contribution >= 0.6 is 23.1 Å². The summed E-state index contributed by atoms with van der Waals surface area (Å²) in [6.45, 7) is 4.66. The first kappa shape index (κ1) is 19.7. The number of anilines is 1. The van der Waals surface area contributed by atoms with Gasteiger partial charge >= 0.3 is 0 Å². The average molecular weight is 400 g/mol. The molecule has 0 aliphatic rings. The molecule has 0 fully saturated rings. The monoisotopic (exact) mass is 399 g/mol. The molecule has 0 aliphatic heterocycles. The van der Waals surface area contributed by atoms with Crippen LogP contribution in [-0.4, -0.2) is 20.7 Å². The number of hydrogen-bond acceptors (Lipinski definition) is 4. The standard InChI is InChI=1S/C21H25N3OS2/c1-16-3-8-20(27-16)9-10-21(13-24-12-11-22-15-24)26-14-18-4-6-19(7-5-18)23-17(2)25/h3-8,11-12,15,21H,9-10,13-14H2,1-2H3,(H,23,25). The highest BCUT2D eigenvalue weighted by molar-refractivity contribution is 7.99. The second-order valence-corrected chi connectivity index (χ2v) is 9.28. The Labute approximate surface area is 169 Å². The smallest absolute Gasteiger partial charge is 0.221 e. The molecular formula is C21H25N3OS2. The average Bonchev–Trinajstić information content (AvgIpc) is 3.29. The Balaban J connectivity index is 1.57. The van der Waals surface area contributed by atoms with E-state index in [-0.39, 0.29) is 5.91 Å². The number of benzene rings is 1. The lowest BCUT2D eigenvalue weighted by Crippen LogP contribution is -2.13. The molecule has 1 amide bonds. The van der Waals surface area contributed by atoms with Gasteiger partial charge in [-0.2, -0.15) is 11.8 Å². The van der Waals surface area contributed by atoms with Crippen molar-refractivity contribution < 1.29 is 4.79 Å². The van der Waals surface area contributed by atoms with Crippen LogP contribution in [0.2, 0.25) is 0 Å². The van der Waals surface area contributed by atoms with Gasteiger partial charge in [-0.3, -0.25) is 4.79 Å². The summed E-state index contributed by atoms with van der Waals surface area (Å²) in [7, 11) is 0. The van der Waals surface area contributed by atoms with Gasteiger partial charge in [-0.25, -0.2) is 4.98 Å². The van der Waals surface area contributed by atoms with Crippen LogP contribution in [0.5, 0.6) is 0 Å². The van der Waals surface area contributed by atoms with Gasteiger partial charge < -0.3 is 9.88 Å². The number of thiophene rings is 1. The number of nitrogens with one attached hydrogen (secondary N) is 1. The molecular weight excluding hydrogens is 374 g/mol. The molecule has 4 nitrogen and oxygen atoms in total. The summed E-state index contributed by atoms with van der Waals surface area (Å²) in [6.07, 6.45) is 8.03. The molecule has 3 aromatic rings. The Morgan fingerprint density at radius 1 is 1.26 bits per heavy atom. The van der Waals surface area contributed by atoms with Crippen molar-refractivity contribution >= 4 is 34.7 Å². The molecule has 1 unspecified atom stereocenters. The van der Waals surface area contributed by atoms with Gasteiger partial charge in [0.25, 0.3) is 0 Å². The zero-order valence-corrected chi connectivity index (χ0v) is 17.4. The highest BCUT2D eigenvalue weighted by Gasteiger charge is 2.12. The molecule has 1 N–H and O–H groups in total. The molecule has 0 aliphatic carbocycles. The van der Waals surface area contributed by atoms with E-state index in [1.54, 1.807) is 0 Å². The largest absolute Gasteiger partial charge is 0.336 e. The maximum Gasteiger partial charge on any atom is 0.221 e. The summed E-state index contributed by atoms with van der Waals surface area (Å²) >= 11 is 3.88.